The van der Waals surface area contributed by atoms with Crippen molar-refractivity contribution in [1.29, 1.82) is 0 Å². The molecule has 0 aromatic carbocycles. The highest BCUT2D eigenvalue weighted by atomic mass is 16.3. The molecule has 0 atom stereocenters. The molecule has 4 nitrogen and oxygen atoms in total. The number of likely N-dealkylation sites (N-methyl/N-ethyl adjacent to an activating group) is 2. The number of carbonyl (C=O) groups excluding carboxylic acids is 1. The van der Waals surface area contributed by atoms with Gasteiger partial charge in [-0.05, 0) is 20.0 Å². The second-order valence-electron chi connectivity index (χ2n) is 3.26. The van der Waals surface area contributed by atoms with Crippen LogP contribution in [0.4, 0.5) is 0 Å². The van der Waals surface area contributed by atoms with Crippen molar-refractivity contribution in [2.75, 3.05) is 27.2 Å². The van der Waals surface area contributed by atoms with Crippen LogP contribution >= 0.6 is 0 Å². The molecule has 1 heterocycles. The Morgan fingerprint density at radius 2 is 2.36 bits per heavy atom. The third-order valence-electron chi connectivity index (χ3n) is 2.10. The number of furan rings is 1. The van der Waals surface area contributed by atoms with Crippen LogP contribution in [0.1, 0.15) is 16.1 Å². The minimum absolute atomic E-state index is 0.0669. The molecule has 0 radical (unpaired) electrons. The quantitative estimate of drug-likeness (QED) is 0.777. The van der Waals surface area contributed by atoms with E-state index in [2.05, 4.69) is 5.32 Å². The second-order valence-corrected chi connectivity index (χ2v) is 3.26. The fourth-order valence-corrected chi connectivity index (χ4v) is 1.15. The summed E-state index contributed by atoms with van der Waals surface area (Å²) in [7, 11) is 3.62. The van der Waals surface area contributed by atoms with E-state index >= 15 is 0 Å². The molecule has 14 heavy (non-hydrogen) atoms. The molecule has 0 spiro atoms. The SMILES string of the molecule is CNCCN(C)C(=O)c1occc1C. The molecule has 1 aromatic rings. The maximum absolute atomic E-state index is 11.7. The molecular formula is C10H16N2O2. The first-order chi connectivity index (χ1) is 6.66. The monoisotopic (exact) mass is 196 g/mol. The normalized spacial score (nSPS) is 10.2. The maximum Gasteiger partial charge on any atom is 0.289 e. The van der Waals surface area contributed by atoms with Gasteiger partial charge in [-0.25, -0.2) is 0 Å². The lowest BCUT2D eigenvalue weighted by Crippen LogP contribution is -2.32. The summed E-state index contributed by atoms with van der Waals surface area (Å²) in [6.45, 7) is 3.32. The highest BCUT2D eigenvalue weighted by Crippen LogP contribution is 2.10. The van der Waals surface area contributed by atoms with Crippen molar-refractivity contribution in [2.45, 2.75) is 6.92 Å². The molecule has 78 valence electrons. The summed E-state index contributed by atoms with van der Waals surface area (Å²) < 4.78 is 5.12. The Bertz CT molecular complexity index is 307. The van der Waals surface area contributed by atoms with E-state index < -0.39 is 0 Å². The predicted molar refractivity (Wildman–Crippen MR) is 54.3 cm³/mol. The molecule has 1 aromatic heterocycles. The third-order valence-corrected chi connectivity index (χ3v) is 2.10. The van der Waals surface area contributed by atoms with Gasteiger partial charge in [0, 0.05) is 25.7 Å². The van der Waals surface area contributed by atoms with Crippen LogP contribution < -0.4 is 5.32 Å². The first-order valence-corrected chi connectivity index (χ1v) is 4.61. The van der Waals surface area contributed by atoms with Crippen molar-refractivity contribution in [1.82, 2.24) is 10.2 Å². The standard InChI is InChI=1S/C10H16N2O2/c1-8-4-7-14-9(8)10(13)12(3)6-5-11-2/h4,7,11H,5-6H2,1-3H3. The number of nitrogens with one attached hydrogen (secondary N) is 1. The second kappa shape index (κ2) is 4.81. The highest BCUT2D eigenvalue weighted by Gasteiger charge is 2.16. The summed E-state index contributed by atoms with van der Waals surface area (Å²) in [6.07, 6.45) is 1.54. The molecule has 0 saturated carbocycles. The fourth-order valence-electron chi connectivity index (χ4n) is 1.15. The van der Waals surface area contributed by atoms with Crippen molar-refractivity contribution in [3.8, 4) is 0 Å². The number of carbonyl (C=O) groups is 1. The Balaban J connectivity index is 2.61. The van der Waals surface area contributed by atoms with Gasteiger partial charge < -0.3 is 14.6 Å². The number of nitrogens with zero attached hydrogens (tertiary/aromatic N) is 1. The Morgan fingerprint density at radius 3 is 2.86 bits per heavy atom. The van der Waals surface area contributed by atoms with Gasteiger partial charge in [0.05, 0.1) is 6.26 Å². The van der Waals surface area contributed by atoms with Crippen LogP contribution in [0.2, 0.25) is 0 Å². The number of hydrogen-bond acceptors (Lipinski definition) is 3. The Morgan fingerprint density at radius 1 is 1.64 bits per heavy atom. The van der Waals surface area contributed by atoms with Crippen LogP contribution in [0.15, 0.2) is 16.7 Å². The van der Waals surface area contributed by atoms with Crippen LogP contribution in [0.25, 0.3) is 0 Å². The summed E-state index contributed by atoms with van der Waals surface area (Å²) >= 11 is 0. The van der Waals surface area contributed by atoms with Gasteiger partial charge in [-0.1, -0.05) is 0 Å². The minimum Gasteiger partial charge on any atom is -0.459 e. The molecule has 0 saturated heterocycles. The molecule has 0 aliphatic heterocycles. The molecule has 0 aliphatic carbocycles. The van der Waals surface area contributed by atoms with Crippen LogP contribution in [-0.2, 0) is 0 Å². The Kier molecular flexibility index (Phi) is 3.71. The van der Waals surface area contributed by atoms with Gasteiger partial charge in [0.1, 0.15) is 0 Å². The predicted octanol–water partition coefficient (Wildman–Crippen LogP) is 0.879. The maximum atomic E-state index is 11.7. The molecule has 0 bridgehead atoms. The lowest BCUT2D eigenvalue weighted by molar-refractivity contribution is 0.0764. The molecule has 0 aliphatic rings. The fraction of sp³-hybridized carbons (Fsp3) is 0.500. The van der Waals surface area contributed by atoms with Gasteiger partial charge in [0.2, 0.25) is 0 Å². The van der Waals surface area contributed by atoms with Crippen molar-refractivity contribution in [3.05, 3.63) is 23.7 Å². The number of amides is 1. The van der Waals surface area contributed by atoms with E-state index in [1.165, 1.54) is 6.26 Å². The zero-order valence-corrected chi connectivity index (χ0v) is 8.83. The van der Waals surface area contributed by atoms with E-state index in [9.17, 15) is 4.79 Å². The van der Waals surface area contributed by atoms with Crippen molar-refractivity contribution in [3.63, 3.8) is 0 Å². The Labute approximate surface area is 83.9 Å². The molecule has 1 rings (SSSR count). The van der Waals surface area contributed by atoms with E-state index in [1.54, 1.807) is 18.0 Å². The number of hydrogen-bond donors (Lipinski definition) is 1. The first kappa shape index (κ1) is 10.8. The Hall–Kier alpha value is -1.29. The lowest BCUT2D eigenvalue weighted by Gasteiger charge is -2.15. The molecule has 0 unspecified atom stereocenters. The van der Waals surface area contributed by atoms with Crippen LogP contribution in [-0.4, -0.2) is 38.0 Å². The largest absolute Gasteiger partial charge is 0.459 e. The van der Waals surface area contributed by atoms with Crippen LogP contribution in [0.3, 0.4) is 0 Å². The van der Waals surface area contributed by atoms with E-state index in [1.807, 2.05) is 14.0 Å². The smallest absolute Gasteiger partial charge is 0.289 e. The van der Waals surface area contributed by atoms with E-state index in [-0.39, 0.29) is 5.91 Å². The highest BCUT2D eigenvalue weighted by molar-refractivity contribution is 5.92. The summed E-state index contributed by atoms with van der Waals surface area (Å²) in [5.74, 6) is 0.367. The zero-order valence-electron chi connectivity index (χ0n) is 8.83. The molecular weight excluding hydrogens is 180 g/mol. The van der Waals surface area contributed by atoms with E-state index in [0.717, 1.165) is 12.1 Å². The average molecular weight is 196 g/mol. The van der Waals surface area contributed by atoms with Crippen LogP contribution in [0.5, 0.6) is 0 Å². The lowest BCUT2D eigenvalue weighted by atomic mass is 10.2. The summed E-state index contributed by atoms with van der Waals surface area (Å²) in [5, 5.41) is 2.99. The van der Waals surface area contributed by atoms with Gasteiger partial charge in [0.25, 0.3) is 5.91 Å². The van der Waals surface area contributed by atoms with Gasteiger partial charge in [-0.15, -0.1) is 0 Å². The zero-order chi connectivity index (χ0) is 10.6. The van der Waals surface area contributed by atoms with Gasteiger partial charge in [-0.3, -0.25) is 4.79 Å². The molecule has 1 amide bonds. The van der Waals surface area contributed by atoms with Gasteiger partial charge >= 0.3 is 0 Å². The first-order valence-electron chi connectivity index (χ1n) is 4.61. The van der Waals surface area contributed by atoms with Crippen LogP contribution in [0, 0.1) is 6.92 Å². The van der Waals surface area contributed by atoms with Crippen molar-refractivity contribution >= 4 is 5.91 Å². The number of aryl methyl sites for hydroxylation is 1. The summed E-state index contributed by atoms with van der Waals surface area (Å²) in [5.41, 5.74) is 0.881. The van der Waals surface area contributed by atoms with E-state index in [4.69, 9.17) is 4.42 Å². The molecule has 1 N–H and O–H groups in total. The van der Waals surface area contributed by atoms with Gasteiger partial charge in [-0.2, -0.15) is 0 Å². The van der Waals surface area contributed by atoms with E-state index in [0.29, 0.717) is 12.3 Å². The van der Waals surface area contributed by atoms with Crippen molar-refractivity contribution in [2.24, 2.45) is 0 Å². The molecule has 0 fully saturated rings. The summed E-state index contributed by atoms with van der Waals surface area (Å²) in [4.78, 5) is 13.4. The molecule has 4 heteroatoms. The summed E-state index contributed by atoms with van der Waals surface area (Å²) in [6, 6.07) is 1.79. The van der Waals surface area contributed by atoms with Gasteiger partial charge in [0.15, 0.2) is 5.76 Å². The number of rotatable bonds is 4. The third kappa shape index (κ3) is 2.35. The average Bonchev–Trinajstić information content (AvgIpc) is 2.59. The van der Waals surface area contributed by atoms with Crippen molar-refractivity contribution < 1.29 is 9.21 Å². The topological polar surface area (TPSA) is 45.5 Å². The minimum atomic E-state index is -0.0669.